The average molecular weight is 209 g/mol. The quantitative estimate of drug-likeness (QED) is 0.398. The summed E-state index contributed by atoms with van der Waals surface area (Å²) in [5.74, 6) is 0. The van der Waals surface area contributed by atoms with Crippen LogP contribution in [0.4, 0.5) is 0 Å². The highest BCUT2D eigenvalue weighted by molar-refractivity contribution is 8.03. The molecule has 0 aliphatic rings. The number of H-pyrrole nitrogens is 1. The van der Waals surface area contributed by atoms with E-state index in [1.165, 1.54) is 0 Å². The Bertz CT molecular complexity index is 242. The van der Waals surface area contributed by atoms with Crippen LogP contribution in [0.5, 0.6) is 0 Å². The molecule has 2 N–H and O–H groups in total. The average Bonchev–Trinajstić information content (AvgIpc) is 2.53. The Morgan fingerprint density at radius 3 is 3.17 bits per heavy atom. The first-order valence-electron chi connectivity index (χ1n) is 2.87. The number of hydrogen-bond donors (Lipinski definition) is 2. The third-order valence-electron chi connectivity index (χ3n) is 0.827. The van der Waals surface area contributed by atoms with E-state index in [2.05, 4.69) is 25.1 Å². The molecule has 0 spiro atoms. The summed E-state index contributed by atoms with van der Waals surface area (Å²) in [6.07, 6.45) is 0. The highest BCUT2D eigenvalue weighted by Crippen LogP contribution is 2.29. The minimum atomic E-state index is -1.84. The van der Waals surface area contributed by atoms with Crippen LogP contribution < -0.4 is 0 Å². The molecule has 1 aromatic heterocycles. The molecule has 0 aliphatic heterocycles. The number of hydrogen-bond acceptors (Lipinski definition) is 7. The van der Waals surface area contributed by atoms with E-state index in [0.717, 1.165) is 11.8 Å². The van der Waals surface area contributed by atoms with Gasteiger partial charge in [-0.1, -0.05) is 0 Å². The summed E-state index contributed by atoms with van der Waals surface area (Å²) in [7, 11) is -1.84. The molecule has 7 nitrogen and oxygen atoms in total. The van der Waals surface area contributed by atoms with Gasteiger partial charge in [0.1, 0.15) is 0 Å². The number of nitrogens with one attached hydrogen (secondary N) is 1. The Labute approximate surface area is 72.8 Å². The van der Waals surface area contributed by atoms with Crippen molar-refractivity contribution in [3.8, 4) is 0 Å². The van der Waals surface area contributed by atoms with Gasteiger partial charge in [-0.05, 0) is 21.5 Å². The fraction of sp³-hybridized carbons (Fsp3) is 0.667. The number of aliphatic hydroxyl groups excluding tert-OH is 1. The van der Waals surface area contributed by atoms with Gasteiger partial charge in [0.15, 0.2) is 6.79 Å². The van der Waals surface area contributed by atoms with Crippen LogP contribution in [0.1, 0.15) is 0 Å². The third kappa shape index (κ3) is 3.22. The predicted octanol–water partition coefficient (Wildman–Crippen LogP) is -0.0419. The van der Waals surface area contributed by atoms with E-state index in [-0.39, 0.29) is 5.49 Å². The molecule has 0 aromatic carbocycles. The summed E-state index contributed by atoms with van der Waals surface area (Å²) in [6, 6.07) is 0. The van der Waals surface area contributed by atoms with Gasteiger partial charge in [-0.25, -0.2) is 0 Å². The van der Waals surface area contributed by atoms with Gasteiger partial charge in [0.05, 0.1) is 0 Å². The van der Waals surface area contributed by atoms with Crippen molar-refractivity contribution in [1.82, 2.24) is 20.6 Å². The molecular weight excluding hydrogens is 203 g/mol. The normalized spacial score (nSPS) is 11.6. The van der Waals surface area contributed by atoms with E-state index < -0.39 is 14.8 Å². The zero-order valence-electron chi connectivity index (χ0n) is 5.88. The van der Waals surface area contributed by atoms with Gasteiger partial charge in [-0.2, -0.15) is 5.21 Å². The number of aliphatic hydroxyl groups is 1. The van der Waals surface area contributed by atoms with Gasteiger partial charge in [0, 0.05) is 0 Å². The summed E-state index contributed by atoms with van der Waals surface area (Å²) in [5, 5.41) is 21.4. The molecule has 0 saturated heterocycles. The van der Waals surface area contributed by atoms with Gasteiger partial charge < -0.3 is 5.11 Å². The molecule has 1 aromatic rings. The first-order valence-corrected chi connectivity index (χ1v) is 5.22. The van der Waals surface area contributed by atoms with E-state index in [1.807, 2.05) is 0 Å². The maximum absolute atomic E-state index is 10.8. The van der Waals surface area contributed by atoms with Gasteiger partial charge >= 0.3 is 8.03 Å². The number of thioether (sulfide) groups is 1. The van der Waals surface area contributed by atoms with Crippen LogP contribution in [0.3, 0.4) is 0 Å². The molecule has 0 radical (unpaired) electrons. The van der Waals surface area contributed by atoms with E-state index in [1.54, 1.807) is 0 Å². The Balaban J connectivity index is 2.22. The molecule has 0 amide bonds. The highest BCUT2D eigenvalue weighted by atomic mass is 32.2. The smallest absolute Gasteiger partial charge is 0.367 e. The zero-order valence-corrected chi connectivity index (χ0v) is 7.59. The van der Waals surface area contributed by atoms with Crippen LogP contribution in [-0.2, 0) is 9.09 Å². The fourth-order valence-corrected chi connectivity index (χ4v) is 1.94. The predicted molar refractivity (Wildman–Crippen MR) is 40.7 cm³/mol. The Morgan fingerprint density at radius 1 is 1.75 bits per heavy atom. The zero-order chi connectivity index (χ0) is 8.81. The molecule has 0 saturated carbocycles. The van der Waals surface area contributed by atoms with Gasteiger partial charge in [0.2, 0.25) is 10.7 Å². The molecule has 1 unspecified atom stereocenters. The maximum atomic E-state index is 10.8. The highest BCUT2D eigenvalue weighted by Gasteiger charge is 2.18. The largest absolute Gasteiger partial charge is 0.521 e. The van der Waals surface area contributed by atoms with Crippen LogP contribution in [0.15, 0.2) is 5.16 Å². The lowest BCUT2D eigenvalue weighted by atomic mass is 11.4. The van der Waals surface area contributed by atoms with Gasteiger partial charge in [-0.15, -0.1) is 14.7 Å². The van der Waals surface area contributed by atoms with Crippen molar-refractivity contribution in [1.29, 1.82) is 0 Å². The molecule has 1 rings (SSSR count). The Hall–Kier alpha value is -0.560. The molecule has 0 aliphatic carbocycles. The maximum Gasteiger partial charge on any atom is 0.521 e. The summed E-state index contributed by atoms with van der Waals surface area (Å²) in [5.41, 5.74) is 0.204. The molecule has 66 valence electrons. The van der Waals surface area contributed by atoms with Gasteiger partial charge in [0.25, 0.3) is 0 Å². The van der Waals surface area contributed by atoms with Crippen molar-refractivity contribution in [3.05, 3.63) is 0 Å². The van der Waals surface area contributed by atoms with Crippen LogP contribution in [-0.4, -0.2) is 38.0 Å². The lowest BCUT2D eigenvalue weighted by Gasteiger charge is -1.83. The first kappa shape index (κ1) is 9.53. The standard InChI is InChI=1S/C3H6N4O3PS/c8-1-10-11(9)2-12-3-4-6-7-5-3/h8H,1-2H2,(H,4,5,6,7)/q+1. The molecule has 9 heteroatoms. The van der Waals surface area contributed by atoms with Crippen molar-refractivity contribution in [2.45, 2.75) is 5.16 Å². The second-order valence-corrected chi connectivity index (χ2v) is 4.17. The van der Waals surface area contributed by atoms with E-state index in [9.17, 15) is 4.57 Å². The number of aromatic amines is 1. The van der Waals surface area contributed by atoms with E-state index >= 15 is 0 Å². The second kappa shape index (κ2) is 5.15. The monoisotopic (exact) mass is 209 g/mol. The van der Waals surface area contributed by atoms with Gasteiger partial charge in [-0.3, -0.25) is 0 Å². The van der Waals surface area contributed by atoms with E-state index in [4.69, 9.17) is 5.11 Å². The summed E-state index contributed by atoms with van der Waals surface area (Å²) >= 11 is 1.14. The summed E-state index contributed by atoms with van der Waals surface area (Å²) in [4.78, 5) is 0. The Kier molecular flexibility index (Phi) is 4.09. The third-order valence-corrected chi connectivity index (χ3v) is 3.02. The van der Waals surface area contributed by atoms with E-state index in [0.29, 0.717) is 5.16 Å². The summed E-state index contributed by atoms with van der Waals surface area (Å²) < 4.78 is 15.2. The second-order valence-electron chi connectivity index (χ2n) is 1.56. The lowest BCUT2D eigenvalue weighted by Crippen LogP contribution is -1.84. The first-order chi connectivity index (χ1) is 5.83. The minimum absolute atomic E-state index is 0.204. The minimum Gasteiger partial charge on any atom is -0.367 e. The van der Waals surface area contributed by atoms with Crippen molar-refractivity contribution >= 4 is 19.8 Å². The molecule has 0 fully saturated rings. The van der Waals surface area contributed by atoms with Crippen LogP contribution in [0.25, 0.3) is 0 Å². The van der Waals surface area contributed by atoms with Crippen LogP contribution in [0, 0.1) is 0 Å². The van der Waals surface area contributed by atoms with Crippen LogP contribution in [0.2, 0.25) is 0 Å². The SMILES string of the molecule is O=[P+](CSc1nn[nH]n1)OCO. The van der Waals surface area contributed by atoms with Crippen LogP contribution >= 0.6 is 19.8 Å². The van der Waals surface area contributed by atoms with Crippen molar-refractivity contribution in [2.75, 3.05) is 12.3 Å². The van der Waals surface area contributed by atoms with Crippen molar-refractivity contribution < 1.29 is 14.2 Å². The number of aromatic nitrogens is 4. The Morgan fingerprint density at radius 2 is 2.58 bits per heavy atom. The molecule has 1 atom stereocenters. The molecule has 12 heavy (non-hydrogen) atoms. The number of rotatable bonds is 5. The summed E-state index contributed by atoms with van der Waals surface area (Å²) in [6.45, 7) is -0.540. The topological polar surface area (TPSA) is 101 Å². The molecule has 0 bridgehead atoms. The van der Waals surface area contributed by atoms with Crippen molar-refractivity contribution in [3.63, 3.8) is 0 Å². The number of nitrogens with zero attached hydrogens (tertiary/aromatic N) is 3. The molecular formula is C3H6N4O3PS+. The molecule has 1 heterocycles. The lowest BCUT2D eigenvalue weighted by molar-refractivity contribution is 0.107. The number of tetrazole rings is 1. The fourth-order valence-electron chi connectivity index (χ4n) is 0.426. The van der Waals surface area contributed by atoms with Crippen molar-refractivity contribution in [2.24, 2.45) is 0 Å².